The number of aryl methyl sites for hydroxylation is 1. The van der Waals surface area contributed by atoms with E-state index in [4.69, 9.17) is 26.1 Å². The van der Waals surface area contributed by atoms with Crippen molar-refractivity contribution in [1.82, 2.24) is 20.3 Å². The van der Waals surface area contributed by atoms with Crippen molar-refractivity contribution in [1.29, 1.82) is 0 Å². The Morgan fingerprint density at radius 2 is 2.02 bits per heavy atom. The standard InChI is InChI=1S/C30H35ClN6O5/c1-18-14-22(37-10-7-21(8-11-37)34-30(40)42-13-12-41-2)16-24-27(18)36-28(35-24)26-23(6-9-32-29(26)39)33-17-25(38)19-4-3-5-20(31)15-19/h3-6,9,14-16,21,25,38H,7-8,10-13,17H2,1-2H3,(H,34,40)(H,35,36)(H2,32,33,39)/t25-/m1/s1. The van der Waals surface area contributed by atoms with Crippen LogP contribution >= 0.6 is 11.6 Å². The highest BCUT2D eigenvalue weighted by atomic mass is 35.5. The summed E-state index contributed by atoms with van der Waals surface area (Å²) in [5, 5.41) is 17.3. The lowest BCUT2D eigenvalue weighted by molar-refractivity contribution is 0.0956. The summed E-state index contributed by atoms with van der Waals surface area (Å²) in [4.78, 5) is 38.1. The van der Waals surface area contributed by atoms with Crippen molar-refractivity contribution >= 4 is 40.1 Å². The molecule has 3 heterocycles. The number of fused-ring (bicyclic) bond motifs is 1. The number of aliphatic hydroxyl groups is 1. The molecule has 5 rings (SSSR count). The number of H-pyrrole nitrogens is 2. The molecule has 5 N–H and O–H groups in total. The monoisotopic (exact) mass is 594 g/mol. The third kappa shape index (κ3) is 6.87. The van der Waals surface area contributed by atoms with Crippen molar-refractivity contribution in [3.63, 3.8) is 0 Å². The van der Waals surface area contributed by atoms with Crippen molar-refractivity contribution < 1.29 is 19.4 Å². The number of carbonyl (C=O) groups is 1. The number of hydrogen-bond acceptors (Lipinski definition) is 8. The molecule has 1 atom stereocenters. The highest BCUT2D eigenvalue weighted by Crippen LogP contribution is 2.30. The first-order valence-corrected chi connectivity index (χ1v) is 14.3. The van der Waals surface area contributed by atoms with E-state index in [-0.39, 0.29) is 24.8 Å². The maximum Gasteiger partial charge on any atom is 0.407 e. The molecule has 0 radical (unpaired) electrons. The summed E-state index contributed by atoms with van der Waals surface area (Å²) in [6.07, 6.45) is 1.90. The molecular weight excluding hydrogens is 560 g/mol. The fourth-order valence-corrected chi connectivity index (χ4v) is 5.38. The van der Waals surface area contributed by atoms with Crippen LogP contribution in [0, 0.1) is 6.92 Å². The summed E-state index contributed by atoms with van der Waals surface area (Å²) in [5.41, 5.74) is 4.89. The van der Waals surface area contributed by atoms with E-state index in [2.05, 4.69) is 31.6 Å². The Labute approximate surface area is 248 Å². The number of amides is 1. The molecule has 1 saturated heterocycles. The molecular formula is C30H35ClN6O5. The molecule has 12 heteroatoms. The number of halogens is 1. The molecule has 1 amide bonds. The minimum Gasteiger partial charge on any atom is -0.447 e. The molecule has 0 unspecified atom stereocenters. The molecule has 2 aromatic carbocycles. The normalized spacial score (nSPS) is 14.6. The van der Waals surface area contributed by atoms with Gasteiger partial charge in [-0.05, 0) is 61.2 Å². The van der Waals surface area contributed by atoms with Crippen molar-refractivity contribution in [2.24, 2.45) is 0 Å². The molecule has 4 aromatic rings. The van der Waals surface area contributed by atoms with Crippen LogP contribution in [0.2, 0.25) is 5.02 Å². The second-order valence-electron chi connectivity index (χ2n) is 10.3. The van der Waals surface area contributed by atoms with Gasteiger partial charge in [-0.2, -0.15) is 0 Å². The average Bonchev–Trinajstić information content (AvgIpc) is 3.41. The van der Waals surface area contributed by atoms with Gasteiger partial charge in [-0.1, -0.05) is 23.7 Å². The van der Waals surface area contributed by atoms with E-state index in [1.54, 1.807) is 43.6 Å². The number of nitrogens with one attached hydrogen (secondary N) is 4. The smallest absolute Gasteiger partial charge is 0.407 e. The molecule has 1 aliphatic heterocycles. The summed E-state index contributed by atoms with van der Waals surface area (Å²) >= 11 is 6.07. The summed E-state index contributed by atoms with van der Waals surface area (Å²) in [5.74, 6) is 0.432. The van der Waals surface area contributed by atoms with Gasteiger partial charge < -0.3 is 40.1 Å². The quantitative estimate of drug-likeness (QED) is 0.170. The number of aromatic amines is 2. The van der Waals surface area contributed by atoms with Gasteiger partial charge in [0.15, 0.2) is 0 Å². The van der Waals surface area contributed by atoms with Crippen LogP contribution in [0.1, 0.15) is 30.1 Å². The Balaban J connectivity index is 1.30. The van der Waals surface area contributed by atoms with Crippen LogP contribution in [0.25, 0.3) is 22.4 Å². The lowest BCUT2D eigenvalue weighted by Crippen LogP contribution is -2.45. The minimum atomic E-state index is -0.822. The Morgan fingerprint density at radius 1 is 1.21 bits per heavy atom. The van der Waals surface area contributed by atoms with E-state index in [0.717, 1.165) is 48.2 Å². The fraction of sp³-hybridized carbons (Fsp3) is 0.367. The number of aliphatic hydroxyl groups excluding tert-OH is 1. The number of ether oxygens (including phenoxy) is 2. The molecule has 0 spiro atoms. The van der Waals surface area contributed by atoms with Crippen LogP contribution in [-0.2, 0) is 9.47 Å². The zero-order valence-corrected chi connectivity index (χ0v) is 24.3. The zero-order chi connectivity index (χ0) is 29.6. The van der Waals surface area contributed by atoms with E-state index in [1.165, 1.54) is 0 Å². The number of imidazole rings is 1. The number of methoxy groups -OCH3 is 1. The van der Waals surface area contributed by atoms with Crippen LogP contribution in [0.5, 0.6) is 0 Å². The first-order chi connectivity index (χ1) is 20.3. The van der Waals surface area contributed by atoms with Gasteiger partial charge in [0.1, 0.15) is 18.0 Å². The van der Waals surface area contributed by atoms with Crippen LogP contribution < -0.4 is 21.1 Å². The van der Waals surface area contributed by atoms with Crippen molar-refractivity contribution in [3.05, 3.63) is 75.2 Å². The molecule has 11 nitrogen and oxygen atoms in total. The molecule has 2 aromatic heterocycles. The highest BCUT2D eigenvalue weighted by Gasteiger charge is 2.23. The van der Waals surface area contributed by atoms with Gasteiger partial charge in [-0.3, -0.25) is 4.79 Å². The van der Waals surface area contributed by atoms with Crippen molar-refractivity contribution in [2.45, 2.75) is 31.9 Å². The molecule has 222 valence electrons. The van der Waals surface area contributed by atoms with Gasteiger partial charge in [-0.25, -0.2) is 9.78 Å². The second-order valence-corrected chi connectivity index (χ2v) is 10.8. The van der Waals surface area contributed by atoms with Crippen molar-refractivity contribution in [3.8, 4) is 11.4 Å². The topological polar surface area (TPSA) is 145 Å². The highest BCUT2D eigenvalue weighted by molar-refractivity contribution is 6.30. The van der Waals surface area contributed by atoms with Crippen LogP contribution in [0.15, 0.2) is 53.5 Å². The molecule has 0 saturated carbocycles. The Morgan fingerprint density at radius 3 is 2.79 bits per heavy atom. The summed E-state index contributed by atoms with van der Waals surface area (Å²) in [7, 11) is 1.56. The first kappa shape index (κ1) is 29.4. The third-order valence-electron chi connectivity index (χ3n) is 7.38. The van der Waals surface area contributed by atoms with Crippen LogP contribution in [-0.4, -0.2) is 72.2 Å². The Bertz CT molecular complexity index is 1600. The summed E-state index contributed by atoms with van der Waals surface area (Å²) in [6, 6.07) is 13.0. The van der Waals surface area contributed by atoms with E-state index in [1.807, 2.05) is 13.0 Å². The third-order valence-corrected chi connectivity index (χ3v) is 7.62. The second kappa shape index (κ2) is 13.3. The SMILES string of the molecule is COCCOC(=O)NC1CCN(c2cc(C)c3nc(-c4c(NC[C@@H](O)c5cccc(Cl)c5)cc[nH]c4=O)[nH]c3c2)CC1. The number of rotatable bonds is 10. The van der Waals surface area contributed by atoms with Gasteiger partial charge in [0.2, 0.25) is 0 Å². The van der Waals surface area contributed by atoms with Gasteiger partial charge in [0, 0.05) is 49.7 Å². The summed E-state index contributed by atoms with van der Waals surface area (Å²) < 4.78 is 10.0. The lowest BCUT2D eigenvalue weighted by atomic mass is 10.0. The number of aromatic nitrogens is 3. The van der Waals surface area contributed by atoms with Gasteiger partial charge in [-0.15, -0.1) is 0 Å². The summed E-state index contributed by atoms with van der Waals surface area (Å²) in [6.45, 7) is 4.32. The molecule has 1 aliphatic rings. The maximum absolute atomic E-state index is 13.0. The fourth-order valence-electron chi connectivity index (χ4n) is 5.18. The van der Waals surface area contributed by atoms with Crippen LogP contribution in [0.4, 0.5) is 16.2 Å². The number of pyridine rings is 1. The van der Waals surface area contributed by atoms with Gasteiger partial charge >= 0.3 is 6.09 Å². The van der Waals surface area contributed by atoms with E-state index in [0.29, 0.717) is 34.3 Å². The largest absolute Gasteiger partial charge is 0.447 e. The van der Waals surface area contributed by atoms with E-state index < -0.39 is 12.2 Å². The lowest BCUT2D eigenvalue weighted by Gasteiger charge is -2.34. The van der Waals surface area contributed by atoms with E-state index >= 15 is 0 Å². The van der Waals surface area contributed by atoms with Gasteiger partial charge in [0.05, 0.1) is 29.4 Å². The molecule has 0 aliphatic carbocycles. The Kier molecular flexibility index (Phi) is 9.31. The molecule has 0 bridgehead atoms. The number of alkyl carbamates (subject to hydrolysis) is 1. The van der Waals surface area contributed by atoms with Gasteiger partial charge in [0.25, 0.3) is 5.56 Å². The minimum absolute atomic E-state index is 0.0491. The number of piperidine rings is 1. The number of carbonyl (C=O) groups excluding carboxylic acids is 1. The van der Waals surface area contributed by atoms with Crippen molar-refractivity contribution in [2.75, 3.05) is 50.2 Å². The predicted octanol–water partition coefficient (Wildman–Crippen LogP) is 4.37. The molecule has 42 heavy (non-hydrogen) atoms. The Hall–Kier alpha value is -4.06. The average molecular weight is 595 g/mol. The number of anilines is 2. The number of benzene rings is 2. The number of nitrogens with zero attached hydrogens (tertiary/aromatic N) is 2. The molecule has 1 fully saturated rings. The van der Waals surface area contributed by atoms with Crippen LogP contribution in [0.3, 0.4) is 0 Å². The maximum atomic E-state index is 13.0. The predicted molar refractivity (Wildman–Crippen MR) is 163 cm³/mol. The zero-order valence-electron chi connectivity index (χ0n) is 23.6. The number of hydrogen-bond donors (Lipinski definition) is 5. The van der Waals surface area contributed by atoms with E-state index in [9.17, 15) is 14.7 Å². The first-order valence-electron chi connectivity index (χ1n) is 13.9.